The van der Waals surface area contributed by atoms with Crippen molar-refractivity contribution in [3.8, 4) is 6.07 Å². The predicted molar refractivity (Wildman–Crippen MR) is 74.5 cm³/mol. The van der Waals surface area contributed by atoms with E-state index in [2.05, 4.69) is 0 Å². The van der Waals surface area contributed by atoms with Gasteiger partial charge in [-0.25, -0.2) is 0 Å². The van der Waals surface area contributed by atoms with Gasteiger partial charge in [-0.1, -0.05) is 50.0 Å². The minimum atomic E-state index is -0.597. The first-order valence-electron chi connectivity index (χ1n) is 5.37. The number of nitriles is 1. The Balaban J connectivity index is 3.22. The van der Waals surface area contributed by atoms with Gasteiger partial charge < -0.3 is 0 Å². The molecule has 4 heteroatoms. The van der Waals surface area contributed by atoms with Crippen LogP contribution in [0.2, 0.25) is 10.0 Å². The zero-order chi connectivity index (χ0) is 13.9. The number of hydrogen-bond acceptors (Lipinski definition) is 2. The molecule has 0 saturated heterocycles. The van der Waals surface area contributed by atoms with Crippen LogP contribution >= 0.6 is 23.2 Å². The van der Waals surface area contributed by atoms with Gasteiger partial charge in [0.2, 0.25) is 0 Å². The van der Waals surface area contributed by atoms with Crippen LogP contribution in [-0.2, 0) is 4.79 Å². The van der Waals surface area contributed by atoms with E-state index >= 15 is 0 Å². The fourth-order valence-electron chi connectivity index (χ4n) is 1.33. The van der Waals surface area contributed by atoms with Gasteiger partial charge in [0.25, 0.3) is 0 Å². The first-order chi connectivity index (χ1) is 8.25. The van der Waals surface area contributed by atoms with Crippen molar-refractivity contribution >= 4 is 35.1 Å². The molecule has 0 radical (unpaired) electrons. The number of benzene rings is 1. The first kappa shape index (κ1) is 14.8. The SMILES string of the molecule is CC(C)(C)C(=O)/C(C#N)=C\c1ccc(Cl)cc1Cl. The van der Waals surface area contributed by atoms with E-state index in [-0.39, 0.29) is 11.4 Å². The molecule has 0 atom stereocenters. The van der Waals surface area contributed by atoms with Gasteiger partial charge in [0, 0.05) is 15.5 Å². The lowest BCUT2D eigenvalue weighted by molar-refractivity contribution is -0.121. The number of hydrogen-bond donors (Lipinski definition) is 0. The number of ketones is 1. The van der Waals surface area contributed by atoms with Crippen molar-refractivity contribution in [3.63, 3.8) is 0 Å². The van der Waals surface area contributed by atoms with Crippen LogP contribution in [0.4, 0.5) is 0 Å². The largest absolute Gasteiger partial charge is 0.293 e. The van der Waals surface area contributed by atoms with Crippen molar-refractivity contribution < 1.29 is 4.79 Å². The molecule has 0 N–H and O–H groups in total. The molecule has 2 nitrogen and oxygen atoms in total. The highest BCUT2D eigenvalue weighted by Crippen LogP contribution is 2.26. The van der Waals surface area contributed by atoms with Gasteiger partial charge in [-0.2, -0.15) is 5.26 Å². The molecule has 0 aliphatic rings. The fourth-order valence-corrected chi connectivity index (χ4v) is 1.79. The Morgan fingerprint density at radius 2 is 1.94 bits per heavy atom. The molecule has 0 aliphatic heterocycles. The van der Waals surface area contributed by atoms with E-state index in [1.54, 1.807) is 39.0 Å². The van der Waals surface area contributed by atoms with Gasteiger partial charge in [-0.05, 0) is 23.8 Å². The Morgan fingerprint density at radius 1 is 1.33 bits per heavy atom. The Morgan fingerprint density at radius 3 is 2.39 bits per heavy atom. The summed E-state index contributed by atoms with van der Waals surface area (Å²) in [6.45, 7) is 5.30. The van der Waals surface area contributed by atoms with Gasteiger partial charge in [0.15, 0.2) is 5.78 Å². The number of Topliss-reactive ketones (excluding diaryl/α,β-unsaturated/α-hetero) is 1. The maximum Gasteiger partial charge on any atom is 0.178 e. The second-order valence-electron chi connectivity index (χ2n) is 4.91. The monoisotopic (exact) mass is 281 g/mol. The van der Waals surface area contributed by atoms with Crippen molar-refractivity contribution in [3.05, 3.63) is 39.4 Å². The van der Waals surface area contributed by atoms with Crippen LogP contribution in [0.15, 0.2) is 23.8 Å². The summed E-state index contributed by atoms with van der Waals surface area (Å²) in [6.07, 6.45) is 1.49. The normalized spacial score (nSPS) is 12.1. The van der Waals surface area contributed by atoms with Gasteiger partial charge in [0.1, 0.15) is 6.07 Å². The second kappa shape index (κ2) is 5.56. The highest BCUT2D eigenvalue weighted by atomic mass is 35.5. The van der Waals surface area contributed by atoms with Crippen molar-refractivity contribution in [2.24, 2.45) is 5.41 Å². The van der Waals surface area contributed by atoms with E-state index < -0.39 is 5.41 Å². The maximum absolute atomic E-state index is 12.0. The molecule has 0 spiro atoms. The van der Waals surface area contributed by atoms with Crippen LogP contribution in [0.3, 0.4) is 0 Å². The molecule has 0 saturated carbocycles. The standard InChI is InChI=1S/C14H13Cl2NO/c1-14(2,3)13(18)10(8-17)6-9-4-5-11(15)7-12(9)16/h4-7H,1-3H3/b10-6-. The van der Waals surface area contributed by atoms with Gasteiger partial charge in [-0.15, -0.1) is 0 Å². The smallest absolute Gasteiger partial charge is 0.178 e. The second-order valence-corrected chi connectivity index (χ2v) is 5.76. The lowest BCUT2D eigenvalue weighted by atomic mass is 9.86. The zero-order valence-electron chi connectivity index (χ0n) is 10.4. The van der Waals surface area contributed by atoms with E-state index in [1.165, 1.54) is 6.08 Å². The van der Waals surface area contributed by atoms with Crippen LogP contribution < -0.4 is 0 Å². The molecule has 18 heavy (non-hydrogen) atoms. The van der Waals surface area contributed by atoms with E-state index in [0.717, 1.165) is 0 Å². The summed E-state index contributed by atoms with van der Waals surface area (Å²) in [5.74, 6) is -0.212. The Hall–Kier alpha value is -1.30. The summed E-state index contributed by atoms with van der Waals surface area (Å²) in [5.41, 5.74) is 0.0995. The van der Waals surface area contributed by atoms with Crippen molar-refractivity contribution in [1.82, 2.24) is 0 Å². The third-order valence-corrected chi connectivity index (χ3v) is 2.87. The molecule has 0 heterocycles. The van der Waals surface area contributed by atoms with Crippen molar-refractivity contribution in [2.75, 3.05) is 0 Å². The number of carbonyl (C=O) groups excluding carboxylic acids is 1. The van der Waals surface area contributed by atoms with Crippen LogP contribution in [0.1, 0.15) is 26.3 Å². The minimum absolute atomic E-state index is 0.0896. The molecular weight excluding hydrogens is 269 g/mol. The van der Waals surface area contributed by atoms with Crippen LogP contribution in [0, 0.1) is 16.7 Å². The average molecular weight is 282 g/mol. The number of nitrogens with zero attached hydrogens (tertiary/aromatic N) is 1. The van der Waals surface area contributed by atoms with E-state index in [4.69, 9.17) is 28.5 Å². The quantitative estimate of drug-likeness (QED) is 0.591. The number of halogens is 2. The van der Waals surface area contributed by atoms with Crippen molar-refractivity contribution in [2.45, 2.75) is 20.8 Å². The van der Waals surface area contributed by atoms with Crippen LogP contribution in [0.5, 0.6) is 0 Å². The Bertz CT molecular complexity index is 548. The summed E-state index contributed by atoms with van der Waals surface area (Å²) in [7, 11) is 0. The molecule has 0 unspecified atom stereocenters. The van der Waals surface area contributed by atoms with Gasteiger partial charge in [0.05, 0.1) is 5.57 Å². The maximum atomic E-state index is 12.0. The zero-order valence-corrected chi connectivity index (χ0v) is 11.9. The van der Waals surface area contributed by atoms with Crippen LogP contribution in [-0.4, -0.2) is 5.78 Å². The third-order valence-electron chi connectivity index (χ3n) is 2.31. The van der Waals surface area contributed by atoms with E-state index in [1.807, 2.05) is 6.07 Å². The first-order valence-corrected chi connectivity index (χ1v) is 6.13. The summed E-state index contributed by atoms with van der Waals surface area (Å²) >= 11 is 11.8. The third kappa shape index (κ3) is 3.60. The number of rotatable bonds is 2. The Kier molecular flexibility index (Phi) is 4.56. The topological polar surface area (TPSA) is 40.9 Å². The molecule has 1 aromatic rings. The molecular formula is C14H13Cl2NO. The predicted octanol–water partition coefficient (Wildman–Crippen LogP) is 4.52. The fraction of sp³-hybridized carbons (Fsp3) is 0.286. The van der Waals surface area contributed by atoms with Crippen LogP contribution in [0.25, 0.3) is 6.08 Å². The van der Waals surface area contributed by atoms with E-state index in [0.29, 0.717) is 15.6 Å². The van der Waals surface area contributed by atoms with E-state index in [9.17, 15) is 4.79 Å². The van der Waals surface area contributed by atoms with Gasteiger partial charge in [-0.3, -0.25) is 4.79 Å². The molecule has 1 rings (SSSR count). The molecule has 94 valence electrons. The lowest BCUT2D eigenvalue weighted by Gasteiger charge is -2.15. The summed E-state index contributed by atoms with van der Waals surface area (Å²) in [4.78, 5) is 12.0. The highest BCUT2D eigenvalue weighted by Gasteiger charge is 2.25. The number of carbonyl (C=O) groups is 1. The average Bonchev–Trinajstić information content (AvgIpc) is 2.26. The summed E-state index contributed by atoms with van der Waals surface area (Å²) in [6, 6.07) is 6.83. The summed E-state index contributed by atoms with van der Waals surface area (Å²) < 4.78 is 0. The molecule has 0 aromatic heterocycles. The minimum Gasteiger partial charge on any atom is -0.293 e. The van der Waals surface area contributed by atoms with Gasteiger partial charge >= 0.3 is 0 Å². The summed E-state index contributed by atoms with van der Waals surface area (Å²) in [5, 5.41) is 9.98. The molecule has 0 aliphatic carbocycles. The lowest BCUT2D eigenvalue weighted by Crippen LogP contribution is -2.21. The molecule has 1 aromatic carbocycles. The molecule has 0 bridgehead atoms. The molecule has 0 fully saturated rings. The number of allylic oxidation sites excluding steroid dienone is 1. The molecule has 0 amide bonds. The highest BCUT2D eigenvalue weighted by molar-refractivity contribution is 6.35. The Labute approximate surface area is 117 Å². The van der Waals surface area contributed by atoms with Crippen molar-refractivity contribution in [1.29, 1.82) is 5.26 Å².